The smallest absolute Gasteiger partial charge is 0.273 e. The topological polar surface area (TPSA) is 94.4 Å². The SMILES string of the molecule is COc1cc([N+](=O)[O-])ccc1NC(=O)[C@@H](C)Sc1nc(C)cs1. The fourth-order valence-electron chi connectivity index (χ4n) is 1.72. The molecule has 0 aliphatic heterocycles. The summed E-state index contributed by atoms with van der Waals surface area (Å²) >= 11 is 2.85. The predicted molar refractivity (Wildman–Crippen MR) is 90.4 cm³/mol. The summed E-state index contributed by atoms with van der Waals surface area (Å²) < 4.78 is 5.92. The fourth-order valence-corrected chi connectivity index (χ4v) is 3.71. The summed E-state index contributed by atoms with van der Waals surface area (Å²) in [6.07, 6.45) is 0. The first-order valence-corrected chi connectivity index (χ1v) is 8.38. The molecule has 1 aromatic carbocycles. The Morgan fingerprint density at radius 3 is 2.83 bits per heavy atom. The third-order valence-corrected chi connectivity index (χ3v) is 5.09. The van der Waals surface area contributed by atoms with E-state index in [1.165, 1.54) is 48.4 Å². The summed E-state index contributed by atoms with van der Waals surface area (Å²) in [7, 11) is 1.39. The Morgan fingerprint density at radius 2 is 2.26 bits per heavy atom. The number of methoxy groups -OCH3 is 1. The molecule has 122 valence electrons. The molecule has 0 aliphatic carbocycles. The van der Waals surface area contributed by atoms with Crippen molar-refractivity contribution in [2.75, 3.05) is 12.4 Å². The van der Waals surface area contributed by atoms with Crippen LogP contribution < -0.4 is 10.1 Å². The lowest BCUT2D eigenvalue weighted by Crippen LogP contribution is -2.22. The maximum atomic E-state index is 12.3. The summed E-state index contributed by atoms with van der Waals surface area (Å²) in [5.41, 5.74) is 1.22. The molecule has 9 heteroatoms. The Morgan fingerprint density at radius 1 is 1.52 bits per heavy atom. The summed E-state index contributed by atoms with van der Waals surface area (Å²) in [5, 5.41) is 15.1. The molecule has 0 spiro atoms. The van der Waals surface area contributed by atoms with Crippen LogP contribution in [0.15, 0.2) is 27.9 Å². The van der Waals surface area contributed by atoms with E-state index in [4.69, 9.17) is 4.74 Å². The van der Waals surface area contributed by atoms with Crippen molar-refractivity contribution in [1.29, 1.82) is 0 Å². The van der Waals surface area contributed by atoms with E-state index in [-0.39, 0.29) is 22.6 Å². The van der Waals surface area contributed by atoms with E-state index in [2.05, 4.69) is 10.3 Å². The molecule has 1 N–H and O–H groups in total. The van der Waals surface area contributed by atoms with Gasteiger partial charge in [0.2, 0.25) is 5.91 Å². The average molecular weight is 353 g/mol. The monoisotopic (exact) mass is 353 g/mol. The maximum absolute atomic E-state index is 12.3. The van der Waals surface area contributed by atoms with E-state index in [0.717, 1.165) is 10.0 Å². The third kappa shape index (κ3) is 4.42. The molecule has 0 unspecified atom stereocenters. The minimum Gasteiger partial charge on any atom is -0.494 e. The highest BCUT2D eigenvalue weighted by Gasteiger charge is 2.19. The quantitative estimate of drug-likeness (QED) is 0.485. The number of aryl methyl sites for hydroxylation is 1. The molecule has 1 aromatic heterocycles. The molecule has 1 heterocycles. The van der Waals surface area contributed by atoms with E-state index < -0.39 is 4.92 Å². The zero-order valence-electron chi connectivity index (χ0n) is 12.7. The van der Waals surface area contributed by atoms with Gasteiger partial charge in [0, 0.05) is 17.1 Å². The number of aromatic nitrogens is 1. The lowest BCUT2D eigenvalue weighted by Gasteiger charge is -2.13. The number of nitrogens with zero attached hydrogens (tertiary/aromatic N) is 2. The standard InChI is InChI=1S/C14H15N3O4S2/c1-8-7-22-14(15-8)23-9(2)13(18)16-11-5-4-10(17(19)20)6-12(11)21-3/h4-7,9H,1-3H3,(H,16,18)/t9-/m1/s1. The van der Waals surface area contributed by atoms with Gasteiger partial charge in [-0.2, -0.15) is 0 Å². The lowest BCUT2D eigenvalue weighted by molar-refractivity contribution is -0.384. The first-order chi connectivity index (χ1) is 10.9. The number of amides is 1. The number of anilines is 1. The summed E-state index contributed by atoms with van der Waals surface area (Å²) in [6.45, 7) is 3.67. The zero-order valence-corrected chi connectivity index (χ0v) is 14.4. The van der Waals surface area contributed by atoms with E-state index in [9.17, 15) is 14.9 Å². The van der Waals surface area contributed by atoms with Crippen LogP contribution in [0.1, 0.15) is 12.6 Å². The van der Waals surface area contributed by atoms with Gasteiger partial charge >= 0.3 is 0 Å². The maximum Gasteiger partial charge on any atom is 0.273 e. The predicted octanol–water partition coefficient (Wildman–Crippen LogP) is 3.49. The molecule has 1 atom stereocenters. The number of ether oxygens (including phenoxy) is 1. The number of hydrogen-bond acceptors (Lipinski definition) is 7. The Labute approximate surface area is 141 Å². The van der Waals surface area contributed by atoms with Crippen LogP contribution in [0.25, 0.3) is 0 Å². The van der Waals surface area contributed by atoms with Gasteiger partial charge in [0.15, 0.2) is 4.34 Å². The van der Waals surface area contributed by atoms with Crippen LogP contribution in [0.5, 0.6) is 5.75 Å². The van der Waals surface area contributed by atoms with Crippen molar-refractivity contribution in [3.05, 3.63) is 39.4 Å². The average Bonchev–Trinajstić information content (AvgIpc) is 2.92. The van der Waals surface area contributed by atoms with Crippen molar-refractivity contribution in [3.63, 3.8) is 0 Å². The molecule has 0 saturated heterocycles. The van der Waals surface area contributed by atoms with E-state index >= 15 is 0 Å². The number of nitrogens with one attached hydrogen (secondary N) is 1. The highest BCUT2D eigenvalue weighted by molar-refractivity contribution is 8.02. The van der Waals surface area contributed by atoms with E-state index in [0.29, 0.717) is 5.69 Å². The molecule has 1 amide bonds. The first-order valence-electron chi connectivity index (χ1n) is 6.62. The molecule has 0 fully saturated rings. The van der Waals surface area contributed by atoms with Crippen molar-refractivity contribution in [2.24, 2.45) is 0 Å². The zero-order chi connectivity index (χ0) is 17.0. The van der Waals surface area contributed by atoms with Crippen molar-refractivity contribution in [1.82, 2.24) is 4.98 Å². The Hall–Kier alpha value is -2.13. The molecule has 2 aromatic rings. The normalized spacial score (nSPS) is 11.8. The second kappa shape index (κ2) is 7.42. The van der Waals surface area contributed by atoms with Crippen molar-refractivity contribution < 1.29 is 14.5 Å². The minimum absolute atomic E-state index is 0.0967. The van der Waals surface area contributed by atoms with Crippen LogP contribution in [-0.2, 0) is 4.79 Å². The minimum atomic E-state index is -0.516. The van der Waals surface area contributed by atoms with Gasteiger partial charge in [0.25, 0.3) is 5.69 Å². The number of thioether (sulfide) groups is 1. The number of thiazole rings is 1. The number of carbonyl (C=O) groups excluding carboxylic acids is 1. The highest BCUT2D eigenvalue weighted by Crippen LogP contribution is 2.31. The van der Waals surface area contributed by atoms with Crippen molar-refractivity contribution in [2.45, 2.75) is 23.4 Å². The van der Waals surface area contributed by atoms with Crippen molar-refractivity contribution >= 4 is 40.4 Å². The molecule has 0 saturated carbocycles. The van der Waals surface area contributed by atoms with Crippen LogP contribution in [0.3, 0.4) is 0 Å². The first kappa shape index (κ1) is 17.2. The molecular formula is C14H15N3O4S2. The number of nitro benzene ring substituents is 1. The number of non-ortho nitro benzene ring substituents is 1. The Balaban J connectivity index is 2.08. The van der Waals surface area contributed by atoms with Gasteiger partial charge in [0.1, 0.15) is 5.75 Å². The number of carbonyl (C=O) groups is 1. The number of hydrogen-bond donors (Lipinski definition) is 1. The molecule has 0 aliphatic rings. The van der Waals surface area contributed by atoms with Crippen LogP contribution in [-0.4, -0.2) is 28.2 Å². The molecule has 7 nitrogen and oxygen atoms in total. The molecule has 0 radical (unpaired) electrons. The van der Waals surface area contributed by atoms with Gasteiger partial charge in [-0.25, -0.2) is 4.98 Å². The fraction of sp³-hybridized carbons (Fsp3) is 0.286. The number of nitro groups is 1. The third-order valence-electron chi connectivity index (χ3n) is 2.90. The van der Waals surface area contributed by atoms with Gasteiger partial charge < -0.3 is 10.1 Å². The summed E-state index contributed by atoms with van der Waals surface area (Å²) in [4.78, 5) is 26.8. The van der Waals surface area contributed by atoms with Crippen LogP contribution >= 0.6 is 23.1 Å². The van der Waals surface area contributed by atoms with E-state index in [1.54, 1.807) is 6.92 Å². The summed E-state index contributed by atoms with van der Waals surface area (Å²) in [6, 6.07) is 4.05. The molecule has 2 rings (SSSR count). The van der Waals surface area contributed by atoms with E-state index in [1.807, 2.05) is 12.3 Å². The largest absolute Gasteiger partial charge is 0.494 e. The van der Waals surface area contributed by atoms with Gasteiger partial charge in [0.05, 0.1) is 29.0 Å². The van der Waals surface area contributed by atoms with Gasteiger partial charge in [-0.15, -0.1) is 11.3 Å². The lowest BCUT2D eigenvalue weighted by atomic mass is 10.2. The van der Waals surface area contributed by atoms with Crippen LogP contribution in [0, 0.1) is 17.0 Å². The van der Waals surface area contributed by atoms with Gasteiger partial charge in [-0.05, 0) is 19.9 Å². The molecular weight excluding hydrogens is 338 g/mol. The number of rotatable bonds is 6. The Kier molecular flexibility index (Phi) is 5.56. The second-order valence-electron chi connectivity index (χ2n) is 4.65. The highest BCUT2D eigenvalue weighted by atomic mass is 32.2. The molecule has 0 bridgehead atoms. The number of benzene rings is 1. The van der Waals surface area contributed by atoms with Crippen LogP contribution in [0.4, 0.5) is 11.4 Å². The molecule has 23 heavy (non-hydrogen) atoms. The van der Waals surface area contributed by atoms with Crippen LogP contribution in [0.2, 0.25) is 0 Å². The second-order valence-corrected chi connectivity index (χ2v) is 7.09. The Bertz CT molecular complexity index is 733. The van der Waals surface area contributed by atoms with Crippen molar-refractivity contribution in [3.8, 4) is 5.75 Å². The van der Waals surface area contributed by atoms with Gasteiger partial charge in [-0.1, -0.05) is 11.8 Å². The summed E-state index contributed by atoms with van der Waals surface area (Å²) in [5.74, 6) is 0.0184. The van der Waals surface area contributed by atoms with Gasteiger partial charge in [-0.3, -0.25) is 14.9 Å².